The Kier molecular flexibility index (Phi) is 2.27. The summed E-state index contributed by atoms with van der Waals surface area (Å²) in [6.45, 7) is 0. The van der Waals surface area contributed by atoms with E-state index in [2.05, 4.69) is 15.9 Å². The van der Waals surface area contributed by atoms with Crippen molar-refractivity contribution in [3.8, 4) is 5.75 Å². The lowest BCUT2D eigenvalue weighted by Crippen LogP contribution is -2.44. The van der Waals surface area contributed by atoms with Gasteiger partial charge < -0.3 is 10.8 Å². The molecule has 1 fully saturated rings. The summed E-state index contributed by atoms with van der Waals surface area (Å²) in [6.07, 6.45) is 2.45. The van der Waals surface area contributed by atoms with Crippen LogP contribution in [-0.4, -0.2) is 5.11 Å². The standard InChI is InChI=1S/C10H11BrFNO/c11-6-2-3-7(14)8(9(6)12)10(13)4-1-5-10/h2-3,14H,1,4-5,13H2. The maximum absolute atomic E-state index is 13.7. The van der Waals surface area contributed by atoms with Crippen molar-refractivity contribution in [2.45, 2.75) is 24.8 Å². The van der Waals surface area contributed by atoms with Gasteiger partial charge in [0.25, 0.3) is 0 Å². The minimum atomic E-state index is -0.669. The molecule has 0 unspecified atom stereocenters. The zero-order chi connectivity index (χ0) is 10.3. The lowest BCUT2D eigenvalue weighted by atomic mass is 9.72. The number of nitrogens with two attached hydrogens (primary N) is 1. The van der Waals surface area contributed by atoms with Crippen LogP contribution in [0.1, 0.15) is 24.8 Å². The molecule has 0 bridgehead atoms. The third kappa shape index (κ3) is 1.33. The third-order valence-electron chi connectivity index (χ3n) is 2.82. The first kappa shape index (κ1) is 9.93. The number of rotatable bonds is 1. The molecule has 0 radical (unpaired) electrons. The molecule has 0 amide bonds. The Hall–Kier alpha value is -0.610. The first-order valence-corrected chi connectivity index (χ1v) is 5.30. The van der Waals surface area contributed by atoms with E-state index < -0.39 is 11.4 Å². The first-order valence-electron chi connectivity index (χ1n) is 4.51. The van der Waals surface area contributed by atoms with Crippen LogP contribution in [0, 0.1) is 5.82 Å². The number of hydrogen-bond acceptors (Lipinski definition) is 2. The van der Waals surface area contributed by atoms with Gasteiger partial charge in [0.2, 0.25) is 0 Å². The number of aromatic hydroxyl groups is 1. The molecule has 0 atom stereocenters. The average molecular weight is 260 g/mol. The molecule has 1 aliphatic rings. The summed E-state index contributed by atoms with van der Waals surface area (Å²) in [5.74, 6) is -0.486. The van der Waals surface area contributed by atoms with Gasteiger partial charge in [-0.3, -0.25) is 0 Å². The lowest BCUT2D eigenvalue weighted by molar-refractivity contribution is 0.236. The van der Waals surface area contributed by atoms with Gasteiger partial charge in [-0.15, -0.1) is 0 Å². The molecule has 14 heavy (non-hydrogen) atoms. The molecule has 0 heterocycles. The van der Waals surface area contributed by atoms with E-state index in [-0.39, 0.29) is 11.3 Å². The van der Waals surface area contributed by atoms with Crippen LogP contribution in [-0.2, 0) is 5.54 Å². The quantitative estimate of drug-likeness (QED) is 0.815. The summed E-state index contributed by atoms with van der Waals surface area (Å²) >= 11 is 3.08. The Morgan fingerprint density at radius 3 is 2.57 bits per heavy atom. The molecule has 1 aromatic carbocycles. The average Bonchev–Trinajstić information content (AvgIpc) is 2.09. The van der Waals surface area contributed by atoms with Crippen LogP contribution in [0.15, 0.2) is 16.6 Å². The molecule has 0 aliphatic heterocycles. The molecular weight excluding hydrogens is 249 g/mol. The van der Waals surface area contributed by atoms with Crippen molar-refractivity contribution in [2.75, 3.05) is 0 Å². The summed E-state index contributed by atoms with van der Waals surface area (Å²) in [4.78, 5) is 0. The molecule has 1 aliphatic carbocycles. The molecule has 76 valence electrons. The van der Waals surface area contributed by atoms with E-state index in [4.69, 9.17) is 5.73 Å². The van der Waals surface area contributed by atoms with Crippen LogP contribution in [0.4, 0.5) is 4.39 Å². The van der Waals surface area contributed by atoms with Crippen molar-refractivity contribution in [2.24, 2.45) is 5.73 Å². The Morgan fingerprint density at radius 1 is 1.43 bits per heavy atom. The van der Waals surface area contributed by atoms with Gasteiger partial charge in [-0.25, -0.2) is 4.39 Å². The number of phenols is 1. The van der Waals surface area contributed by atoms with Crippen molar-refractivity contribution in [1.29, 1.82) is 0 Å². The fourth-order valence-corrected chi connectivity index (χ4v) is 2.15. The fourth-order valence-electron chi connectivity index (χ4n) is 1.82. The van der Waals surface area contributed by atoms with Crippen molar-refractivity contribution in [3.63, 3.8) is 0 Å². The highest BCUT2D eigenvalue weighted by atomic mass is 79.9. The minimum absolute atomic E-state index is 0.0482. The summed E-state index contributed by atoms with van der Waals surface area (Å²) in [6, 6.07) is 2.95. The zero-order valence-electron chi connectivity index (χ0n) is 7.56. The molecule has 0 saturated heterocycles. The van der Waals surface area contributed by atoms with E-state index in [9.17, 15) is 9.50 Å². The van der Waals surface area contributed by atoms with Crippen molar-refractivity contribution in [1.82, 2.24) is 0 Å². The Bertz CT molecular complexity index is 377. The largest absolute Gasteiger partial charge is 0.507 e. The molecule has 2 nitrogen and oxygen atoms in total. The van der Waals surface area contributed by atoms with E-state index >= 15 is 0 Å². The van der Waals surface area contributed by atoms with Crippen LogP contribution in [0.5, 0.6) is 5.75 Å². The normalized spacial score (nSPS) is 19.1. The smallest absolute Gasteiger partial charge is 0.146 e. The summed E-state index contributed by atoms with van der Waals surface area (Å²) in [5.41, 5.74) is 5.55. The molecule has 0 spiro atoms. The van der Waals surface area contributed by atoms with E-state index in [0.29, 0.717) is 4.47 Å². The van der Waals surface area contributed by atoms with Crippen LogP contribution in [0.2, 0.25) is 0 Å². The highest BCUT2D eigenvalue weighted by Gasteiger charge is 2.39. The van der Waals surface area contributed by atoms with Gasteiger partial charge in [-0.2, -0.15) is 0 Å². The molecular formula is C10H11BrFNO. The first-order chi connectivity index (χ1) is 6.54. The molecule has 0 aromatic heterocycles. The van der Waals surface area contributed by atoms with Crippen molar-refractivity contribution >= 4 is 15.9 Å². The van der Waals surface area contributed by atoms with Crippen LogP contribution in [0.25, 0.3) is 0 Å². The minimum Gasteiger partial charge on any atom is -0.507 e. The van der Waals surface area contributed by atoms with E-state index in [1.807, 2.05) is 0 Å². The fraction of sp³-hybridized carbons (Fsp3) is 0.400. The second kappa shape index (κ2) is 3.21. The summed E-state index contributed by atoms with van der Waals surface area (Å²) < 4.78 is 14.0. The van der Waals surface area contributed by atoms with Gasteiger partial charge in [0.1, 0.15) is 11.6 Å². The highest BCUT2D eigenvalue weighted by Crippen LogP contribution is 2.44. The van der Waals surface area contributed by atoms with Gasteiger partial charge in [0.15, 0.2) is 0 Å². The Morgan fingerprint density at radius 2 is 2.07 bits per heavy atom. The van der Waals surface area contributed by atoms with Gasteiger partial charge in [-0.05, 0) is 47.3 Å². The molecule has 1 aromatic rings. The van der Waals surface area contributed by atoms with Gasteiger partial charge in [0.05, 0.1) is 10.0 Å². The van der Waals surface area contributed by atoms with Crippen molar-refractivity contribution in [3.05, 3.63) is 28.0 Å². The van der Waals surface area contributed by atoms with Crippen molar-refractivity contribution < 1.29 is 9.50 Å². The monoisotopic (exact) mass is 259 g/mol. The summed E-state index contributed by atoms with van der Waals surface area (Å²) in [7, 11) is 0. The van der Waals surface area contributed by atoms with Gasteiger partial charge in [0, 0.05) is 5.54 Å². The third-order valence-corrected chi connectivity index (χ3v) is 3.43. The van der Waals surface area contributed by atoms with E-state index in [1.165, 1.54) is 12.1 Å². The van der Waals surface area contributed by atoms with Crippen LogP contribution >= 0.6 is 15.9 Å². The van der Waals surface area contributed by atoms with Crippen LogP contribution in [0.3, 0.4) is 0 Å². The molecule has 3 N–H and O–H groups in total. The summed E-state index contributed by atoms with van der Waals surface area (Å²) in [5, 5.41) is 9.58. The van der Waals surface area contributed by atoms with Crippen LogP contribution < -0.4 is 5.73 Å². The molecule has 2 rings (SSSR count). The number of benzene rings is 1. The Balaban J connectivity index is 2.56. The SMILES string of the molecule is NC1(c2c(O)ccc(Br)c2F)CCC1. The van der Waals surface area contributed by atoms with Gasteiger partial charge in [-0.1, -0.05) is 0 Å². The van der Waals surface area contributed by atoms with Gasteiger partial charge >= 0.3 is 0 Å². The lowest BCUT2D eigenvalue weighted by Gasteiger charge is -2.39. The van der Waals surface area contributed by atoms with E-state index in [1.54, 1.807) is 0 Å². The predicted molar refractivity (Wildman–Crippen MR) is 55.5 cm³/mol. The predicted octanol–water partition coefficient (Wildman–Crippen LogP) is 2.63. The second-order valence-electron chi connectivity index (χ2n) is 3.77. The second-order valence-corrected chi connectivity index (χ2v) is 4.62. The number of phenolic OH excluding ortho intramolecular Hbond substituents is 1. The Labute approximate surface area is 90.1 Å². The highest BCUT2D eigenvalue weighted by molar-refractivity contribution is 9.10. The topological polar surface area (TPSA) is 46.2 Å². The maximum Gasteiger partial charge on any atom is 0.146 e. The number of halogens is 2. The maximum atomic E-state index is 13.7. The molecule has 4 heteroatoms. The van der Waals surface area contributed by atoms with E-state index in [0.717, 1.165) is 19.3 Å². The molecule has 1 saturated carbocycles. The number of hydrogen-bond donors (Lipinski definition) is 2. The zero-order valence-corrected chi connectivity index (χ0v) is 9.14.